The highest BCUT2D eigenvalue weighted by Gasteiger charge is 2.52. The van der Waals surface area contributed by atoms with Gasteiger partial charge in [-0.3, -0.25) is 4.57 Å². The fourth-order valence-electron chi connectivity index (χ4n) is 8.67. The highest BCUT2D eigenvalue weighted by atomic mass is 16.5. The van der Waals surface area contributed by atoms with Gasteiger partial charge in [0.05, 0.1) is 16.4 Å². The van der Waals surface area contributed by atoms with Gasteiger partial charge in [0, 0.05) is 27.8 Å². The Kier molecular flexibility index (Phi) is 6.13. The molecule has 0 atom stereocenters. The first-order chi connectivity index (χ1) is 24.5. The quantitative estimate of drug-likeness (QED) is 0.192. The number of fused-ring (bicyclic) bond motifs is 9. The lowest BCUT2D eigenvalue weighted by Crippen LogP contribution is -2.43. The fraction of sp³-hybridized carbons (Fsp3) is 0.0851. The van der Waals surface area contributed by atoms with Crippen LogP contribution in [0.5, 0.6) is 11.5 Å². The van der Waals surface area contributed by atoms with Crippen LogP contribution in [0.3, 0.4) is 0 Å². The maximum Gasteiger partial charge on any atom is 0.145 e. The molecule has 0 N–H and O–H groups in total. The van der Waals surface area contributed by atoms with Crippen molar-refractivity contribution in [1.82, 2.24) is 9.55 Å². The molecule has 0 bridgehead atoms. The monoisotopic (exact) mass is 642 g/mol. The van der Waals surface area contributed by atoms with Crippen molar-refractivity contribution in [2.45, 2.75) is 24.7 Å². The van der Waals surface area contributed by atoms with Crippen LogP contribution in [0.15, 0.2) is 170 Å². The highest BCUT2D eigenvalue weighted by Crippen LogP contribution is 2.61. The van der Waals surface area contributed by atoms with E-state index in [4.69, 9.17) is 9.72 Å². The van der Waals surface area contributed by atoms with Crippen molar-refractivity contribution in [3.63, 3.8) is 0 Å². The lowest BCUT2D eigenvalue weighted by atomic mass is 9.53. The van der Waals surface area contributed by atoms with Crippen molar-refractivity contribution < 1.29 is 4.74 Å². The van der Waals surface area contributed by atoms with Crippen molar-refractivity contribution in [3.8, 4) is 39.7 Å². The average Bonchev–Trinajstić information content (AvgIpc) is 3.57. The number of hydrogen-bond donors (Lipinski definition) is 0. The van der Waals surface area contributed by atoms with Crippen LogP contribution in [0.2, 0.25) is 0 Å². The number of imidazole rings is 1. The molecule has 3 nitrogen and oxygen atoms in total. The summed E-state index contributed by atoms with van der Waals surface area (Å²) in [6.45, 7) is 4.73. The van der Waals surface area contributed by atoms with Gasteiger partial charge < -0.3 is 4.74 Å². The van der Waals surface area contributed by atoms with Gasteiger partial charge in [-0.1, -0.05) is 141 Å². The molecule has 1 aliphatic heterocycles. The lowest BCUT2D eigenvalue weighted by molar-refractivity contribution is 0.425. The zero-order valence-corrected chi connectivity index (χ0v) is 28.0. The minimum Gasteiger partial charge on any atom is -0.457 e. The van der Waals surface area contributed by atoms with Gasteiger partial charge in [0.25, 0.3) is 0 Å². The third-order valence-corrected chi connectivity index (χ3v) is 11.0. The van der Waals surface area contributed by atoms with Crippen LogP contribution in [-0.4, -0.2) is 9.55 Å². The van der Waals surface area contributed by atoms with E-state index in [2.05, 4.69) is 188 Å². The first-order valence-corrected chi connectivity index (χ1v) is 17.3. The van der Waals surface area contributed by atoms with E-state index in [0.29, 0.717) is 0 Å². The topological polar surface area (TPSA) is 27.1 Å². The Morgan fingerprint density at radius 2 is 1.00 bits per heavy atom. The van der Waals surface area contributed by atoms with Crippen LogP contribution in [0.25, 0.3) is 39.2 Å². The van der Waals surface area contributed by atoms with Gasteiger partial charge in [-0.15, -0.1) is 0 Å². The fourth-order valence-corrected chi connectivity index (χ4v) is 8.67. The molecular weight excluding hydrogens is 609 g/mol. The summed E-state index contributed by atoms with van der Waals surface area (Å²) in [5.41, 5.74) is 13.5. The highest BCUT2D eigenvalue weighted by molar-refractivity contribution is 5.84. The molecule has 0 fully saturated rings. The van der Waals surface area contributed by atoms with Crippen molar-refractivity contribution in [2.75, 3.05) is 0 Å². The Balaban J connectivity index is 1.18. The summed E-state index contributed by atoms with van der Waals surface area (Å²) < 4.78 is 8.87. The molecule has 0 saturated carbocycles. The SMILES string of the molecule is CC1(C)c2ccccc2C2(c3ccccc3Oc3ccccc32)c2cc(-c3ccc(-c4nc5ccccc5n4-c4ccccc4)cc3)ccc21. The van der Waals surface area contributed by atoms with Gasteiger partial charge in [0.2, 0.25) is 0 Å². The third kappa shape index (κ3) is 3.95. The largest absolute Gasteiger partial charge is 0.457 e. The summed E-state index contributed by atoms with van der Waals surface area (Å²) in [5, 5.41) is 0. The molecule has 1 spiro atoms. The maximum absolute atomic E-state index is 6.61. The molecular formula is C47H34N2O. The predicted octanol–water partition coefficient (Wildman–Crippen LogP) is 11.5. The van der Waals surface area contributed by atoms with Gasteiger partial charge in [0.15, 0.2) is 0 Å². The van der Waals surface area contributed by atoms with E-state index in [9.17, 15) is 0 Å². The number of hydrogen-bond acceptors (Lipinski definition) is 2. The number of aromatic nitrogens is 2. The average molecular weight is 643 g/mol. The van der Waals surface area contributed by atoms with E-state index in [1.54, 1.807) is 0 Å². The molecule has 8 aromatic rings. The van der Waals surface area contributed by atoms with Crippen molar-refractivity contribution in [1.29, 1.82) is 0 Å². The summed E-state index contributed by atoms with van der Waals surface area (Å²) in [7, 11) is 0. The third-order valence-electron chi connectivity index (χ3n) is 11.0. The summed E-state index contributed by atoms with van der Waals surface area (Å²) in [4.78, 5) is 5.11. The minimum atomic E-state index is -0.538. The Bertz CT molecular complexity index is 2550. The number of benzene rings is 7. The van der Waals surface area contributed by atoms with Gasteiger partial charge in [-0.05, 0) is 75.8 Å². The second kappa shape index (κ2) is 10.7. The number of ether oxygens (including phenoxy) is 1. The smallest absolute Gasteiger partial charge is 0.145 e. The van der Waals surface area contributed by atoms with E-state index >= 15 is 0 Å². The molecule has 10 rings (SSSR count). The molecule has 3 heteroatoms. The van der Waals surface area contributed by atoms with Gasteiger partial charge in [-0.25, -0.2) is 4.98 Å². The zero-order chi connectivity index (χ0) is 33.5. The maximum atomic E-state index is 6.61. The Hall–Kier alpha value is -6.19. The minimum absolute atomic E-state index is 0.196. The van der Waals surface area contributed by atoms with Crippen molar-refractivity contribution in [3.05, 3.63) is 203 Å². The summed E-state index contributed by atoms with van der Waals surface area (Å²) >= 11 is 0. The standard InChI is InChI=1S/C47H34N2O/c1-46(2)35-16-6-7-17-37(35)47(38-18-8-12-22-43(38)50-44-23-13-9-19-39(44)47)40-30-33(28-29-36(40)46)31-24-26-32(27-25-31)45-48-41-20-10-11-21-42(41)49(45)34-14-4-3-5-15-34/h3-30H,1-2H3. The van der Waals surface area contributed by atoms with E-state index in [0.717, 1.165) is 39.6 Å². The van der Waals surface area contributed by atoms with Gasteiger partial charge in [-0.2, -0.15) is 0 Å². The second-order valence-electron chi connectivity index (χ2n) is 13.9. The van der Waals surface area contributed by atoms with Gasteiger partial charge in [0.1, 0.15) is 17.3 Å². The molecule has 1 aliphatic carbocycles. The van der Waals surface area contributed by atoms with Crippen molar-refractivity contribution in [2.24, 2.45) is 0 Å². The first kappa shape index (κ1) is 28.8. The van der Waals surface area contributed by atoms with Crippen LogP contribution in [0.1, 0.15) is 47.2 Å². The van der Waals surface area contributed by atoms with Crippen LogP contribution in [0.4, 0.5) is 0 Å². The molecule has 0 amide bonds. The molecule has 7 aromatic carbocycles. The van der Waals surface area contributed by atoms with E-state index in [-0.39, 0.29) is 5.41 Å². The molecule has 50 heavy (non-hydrogen) atoms. The predicted molar refractivity (Wildman–Crippen MR) is 202 cm³/mol. The molecule has 238 valence electrons. The molecule has 1 aromatic heterocycles. The summed E-state index contributed by atoms with van der Waals surface area (Å²) in [6, 6.07) is 61.0. The summed E-state index contributed by atoms with van der Waals surface area (Å²) in [6.07, 6.45) is 0. The zero-order valence-electron chi connectivity index (χ0n) is 28.0. The van der Waals surface area contributed by atoms with E-state index in [1.165, 1.54) is 44.5 Å². The normalized spacial score (nSPS) is 14.7. The van der Waals surface area contributed by atoms with Crippen molar-refractivity contribution >= 4 is 11.0 Å². The Morgan fingerprint density at radius 1 is 0.460 bits per heavy atom. The lowest BCUT2D eigenvalue weighted by Gasteiger charge is -2.50. The van der Waals surface area contributed by atoms with Crippen LogP contribution < -0.4 is 4.74 Å². The molecule has 0 unspecified atom stereocenters. The van der Waals surface area contributed by atoms with E-state index in [1.807, 2.05) is 0 Å². The molecule has 2 aliphatic rings. The molecule has 0 saturated heterocycles. The van der Waals surface area contributed by atoms with Gasteiger partial charge >= 0.3 is 0 Å². The Labute approximate surface area is 292 Å². The second-order valence-corrected chi connectivity index (χ2v) is 13.9. The molecule has 2 heterocycles. The van der Waals surface area contributed by atoms with E-state index < -0.39 is 5.41 Å². The van der Waals surface area contributed by atoms with Crippen LogP contribution in [-0.2, 0) is 10.8 Å². The first-order valence-electron chi connectivity index (χ1n) is 17.3. The number of para-hydroxylation sites is 5. The van der Waals surface area contributed by atoms with Crippen LogP contribution >= 0.6 is 0 Å². The Morgan fingerprint density at radius 3 is 1.72 bits per heavy atom. The molecule has 0 radical (unpaired) electrons. The van der Waals surface area contributed by atoms with Crippen LogP contribution in [0, 0.1) is 0 Å². The number of nitrogens with zero attached hydrogens (tertiary/aromatic N) is 2. The summed E-state index contributed by atoms with van der Waals surface area (Å²) in [5.74, 6) is 2.74. The number of rotatable bonds is 3.